The maximum atomic E-state index is 12.9. The molecule has 0 bridgehead atoms. The van der Waals surface area contributed by atoms with Crippen LogP contribution in [0, 0.1) is 25.7 Å². The molecule has 116 valence electrons. The number of likely N-dealkylation sites (tertiary alicyclic amines) is 1. The van der Waals surface area contributed by atoms with Crippen LogP contribution in [0.25, 0.3) is 0 Å². The van der Waals surface area contributed by atoms with E-state index < -0.39 is 0 Å². The molecule has 0 aromatic carbocycles. The van der Waals surface area contributed by atoms with Crippen LogP contribution in [0.3, 0.4) is 0 Å². The number of hydrogen-bond acceptors (Lipinski definition) is 3. The first-order valence-electron chi connectivity index (χ1n) is 8.21. The first kappa shape index (κ1) is 15.0. The van der Waals surface area contributed by atoms with Crippen LogP contribution < -0.4 is 5.32 Å². The average molecular weight is 306 g/mol. The van der Waals surface area contributed by atoms with Crippen LogP contribution in [0.5, 0.6) is 0 Å². The van der Waals surface area contributed by atoms with Gasteiger partial charge in [0.2, 0.25) is 5.91 Å². The Labute approximate surface area is 131 Å². The highest BCUT2D eigenvalue weighted by molar-refractivity contribution is 7.10. The molecular formula is C17H26N2OS. The molecule has 3 atom stereocenters. The summed E-state index contributed by atoms with van der Waals surface area (Å²) in [5.41, 5.74) is 2.23. The van der Waals surface area contributed by atoms with Crippen molar-refractivity contribution in [3.63, 3.8) is 0 Å². The lowest BCUT2D eigenvalue weighted by atomic mass is 9.93. The lowest BCUT2D eigenvalue weighted by molar-refractivity contribution is -0.121. The molecule has 0 spiro atoms. The fourth-order valence-electron chi connectivity index (χ4n) is 4.23. The number of nitrogens with zero attached hydrogens (tertiary/aromatic N) is 1. The summed E-state index contributed by atoms with van der Waals surface area (Å²) < 4.78 is 0. The van der Waals surface area contributed by atoms with Crippen molar-refractivity contribution in [1.29, 1.82) is 0 Å². The molecule has 2 fully saturated rings. The highest BCUT2D eigenvalue weighted by Crippen LogP contribution is 2.42. The van der Waals surface area contributed by atoms with Crippen molar-refractivity contribution in [1.82, 2.24) is 4.90 Å². The van der Waals surface area contributed by atoms with E-state index in [4.69, 9.17) is 0 Å². The van der Waals surface area contributed by atoms with E-state index in [9.17, 15) is 4.79 Å². The van der Waals surface area contributed by atoms with Gasteiger partial charge in [0, 0.05) is 11.4 Å². The van der Waals surface area contributed by atoms with Gasteiger partial charge in [0.1, 0.15) is 0 Å². The van der Waals surface area contributed by atoms with Gasteiger partial charge in [-0.15, -0.1) is 11.3 Å². The first-order valence-corrected chi connectivity index (χ1v) is 9.09. The van der Waals surface area contributed by atoms with Crippen molar-refractivity contribution in [3.8, 4) is 0 Å². The Kier molecular flexibility index (Phi) is 4.36. The van der Waals surface area contributed by atoms with Crippen molar-refractivity contribution < 1.29 is 4.79 Å². The predicted octanol–water partition coefficient (Wildman–Crippen LogP) is 3.81. The van der Waals surface area contributed by atoms with Gasteiger partial charge in [-0.05, 0) is 62.4 Å². The number of thiophene rings is 1. The fourth-order valence-corrected chi connectivity index (χ4v) is 5.03. The minimum absolute atomic E-state index is 0.0937. The van der Waals surface area contributed by atoms with Gasteiger partial charge >= 0.3 is 0 Å². The number of fused-ring (bicyclic) bond motifs is 1. The molecule has 1 aromatic heterocycles. The van der Waals surface area contributed by atoms with Crippen LogP contribution in [-0.2, 0) is 4.79 Å². The number of rotatable bonds is 4. The van der Waals surface area contributed by atoms with Gasteiger partial charge in [0.25, 0.3) is 0 Å². The predicted molar refractivity (Wildman–Crippen MR) is 88.9 cm³/mol. The highest BCUT2D eigenvalue weighted by Gasteiger charge is 2.47. The number of anilines is 1. The Balaban J connectivity index is 1.78. The summed E-state index contributed by atoms with van der Waals surface area (Å²) in [5, 5.41) is 5.36. The average Bonchev–Trinajstić information content (AvgIpc) is 3.09. The smallest absolute Gasteiger partial charge is 0.242 e. The third-order valence-corrected chi connectivity index (χ3v) is 6.20. The zero-order valence-electron chi connectivity index (χ0n) is 13.3. The molecular weight excluding hydrogens is 280 g/mol. The van der Waals surface area contributed by atoms with E-state index >= 15 is 0 Å². The number of nitrogens with one attached hydrogen (secondary N) is 1. The molecule has 4 heteroatoms. The minimum Gasteiger partial charge on any atom is -0.323 e. The van der Waals surface area contributed by atoms with E-state index in [2.05, 4.69) is 36.4 Å². The summed E-state index contributed by atoms with van der Waals surface area (Å²) in [5.74, 6) is 1.55. The van der Waals surface area contributed by atoms with Crippen LogP contribution in [0.2, 0.25) is 0 Å². The number of amides is 1. The second-order valence-corrected chi connectivity index (χ2v) is 7.72. The fraction of sp³-hybridized carbons (Fsp3) is 0.706. The first-order chi connectivity index (χ1) is 10.1. The molecule has 3 unspecified atom stereocenters. The third kappa shape index (κ3) is 2.76. The summed E-state index contributed by atoms with van der Waals surface area (Å²) >= 11 is 1.72. The Bertz CT molecular complexity index is 505. The number of hydrogen-bond donors (Lipinski definition) is 1. The van der Waals surface area contributed by atoms with Crippen LogP contribution in [0.15, 0.2) is 5.38 Å². The van der Waals surface area contributed by atoms with E-state index in [0.717, 1.165) is 31.1 Å². The molecule has 21 heavy (non-hydrogen) atoms. The second kappa shape index (κ2) is 6.09. The van der Waals surface area contributed by atoms with Crippen LogP contribution in [0.1, 0.15) is 43.0 Å². The quantitative estimate of drug-likeness (QED) is 0.917. The SMILES string of the molecule is CCCN1CC2CCCC2C1C(=O)Nc1c(C)csc1C. The minimum atomic E-state index is 0.0937. The standard InChI is InChI=1S/C17H26N2OS/c1-4-8-19-9-13-6-5-7-14(13)16(19)17(20)18-15-11(2)10-21-12(15)3/h10,13-14,16H,4-9H2,1-3H3,(H,18,20). The van der Waals surface area contributed by atoms with E-state index in [1.807, 2.05) is 0 Å². The molecule has 1 saturated heterocycles. The van der Waals surface area contributed by atoms with Gasteiger partial charge in [0.15, 0.2) is 0 Å². The molecule has 3 rings (SSSR count). The van der Waals surface area contributed by atoms with E-state index in [1.54, 1.807) is 11.3 Å². The van der Waals surface area contributed by atoms with E-state index in [1.165, 1.54) is 29.7 Å². The van der Waals surface area contributed by atoms with E-state index in [0.29, 0.717) is 5.92 Å². The lowest BCUT2D eigenvalue weighted by Crippen LogP contribution is -2.43. The molecule has 1 saturated carbocycles. The Morgan fingerprint density at radius 1 is 1.43 bits per heavy atom. The number of aryl methyl sites for hydroxylation is 2. The molecule has 1 aromatic rings. The normalized spacial score (nSPS) is 28.8. The van der Waals surface area contributed by atoms with Gasteiger partial charge < -0.3 is 5.32 Å². The van der Waals surface area contributed by atoms with Crippen molar-refractivity contribution in [2.75, 3.05) is 18.4 Å². The lowest BCUT2D eigenvalue weighted by Gasteiger charge is -2.26. The Hall–Kier alpha value is -0.870. The summed E-state index contributed by atoms with van der Waals surface area (Å²) in [4.78, 5) is 16.5. The molecule has 1 aliphatic heterocycles. The topological polar surface area (TPSA) is 32.3 Å². The molecule has 0 radical (unpaired) electrons. The molecule has 3 nitrogen and oxygen atoms in total. The van der Waals surface area contributed by atoms with Crippen molar-refractivity contribution in [2.24, 2.45) is 11.8 Å². The van der Waals surface area contributed by atoms with Gasteiger partial charge in [0.05, 0.1) is 11.7 Å². The molecule has 2 heterocycles. The number of carbonyl (C=O) groups excluding carboxylic acids is 1. The summed E-state index contributed by atoms with van der Waals surface area (Å²) in [6.45, 7) is 8.54. The van der Waals surface area contributed by atoms with Gasteiger partial charge in [-0.25, -0.2) is 0 Å². The van der Waals surface area contributed by atoms with Crippen molar-refractivity contribution in [3.05, 3.63) is 15.8 Å². The summed E-state index contributed by atoms with van der Waals surface area (Å²) in [6, 6.07) is 0.0937. The molecule has 2 aliphatic rings. The summed E-state index contributed by atoms with van der Waals surface area (Å²) in [6.07, 6.45) is 4.96. The van der Waals surface area contributed by atoms with Crippen molar-refractivity contribution in [2.45, 2.75) is 52.5 Å². The van der Waals surface area contributed by atoms with Crippen molar-refractivity contribution >= 4 is 22.9 Å². The maximum Gasteiger partial charge on any atom is 0.242 e. The molecule has 1 N–H and O–H groups in total. The van der Waals surface area contributed by atoms with Crippen LogP contribution in [0.4, 0.5) is 5.69 Å². The molecule has 1 amide bonds. The number of carbonyl (C=O) groups is 1. The monoisotopic (exact) mass is 306 g/mol. The summed E-state index contributed by atoms with van der Waals surface area (Å²) in [7, 11) is 0. The van der Waals surface area contributed by atoms with E-state index in [-0.39, 0.29) is 11.9 Å². The Morgan fingerprint density at radius 3 is 2.90 bits per heavy atom. The molecule has 1 aliphatic carbocycles. The van der Waals surface area contributed by atoms with Crippen LogP contribution in [-0.4, -0.2) is 29.9 Å². The largest absolute Gasteiger partial charge is 0.323 e. The van der Waals surface area contributed by atoms with Gasteiger partial charge in [-0.2, -0.15) is 0 Å². The zero-order chi connectivity index (χ0) is 15.0. The van der Waals surface area contributed by atoms with Gasteiger partial charge in [-0.1, -0.05) is 13.3 Å². The van der Waals surface area contributed by atoms with Gasteiger partial charge in [-0.3, -0.25) is 9.69 Å². The Morgan fingerprint density at radius 2 is 2.24 bits per heavy atom. The van der Waals surface area contributed by atoms with Crippen LogP contribution >= 0.6 is 11.3 Å². The second-order valence-electron chi connectivity index (χ2n) is 6.63. The highest BCUT2D eigenvalue weighted by atomic mass is 32.1. The third-order valence-electron chi connectivity index (χ3n) is 5.17. The zero-order valence-corrected chi connectivity index (χ0v) is 14.1. The maximum absolute atomic E-state index is 12.9.